The Labute approximate surface area is 153 Å². The number of fused-ring (bicyclic) bond motifs is 1. The largest absolute Gasteiger partial charge is 0.326 e. The number of nitrogens with one attached hydrogen (secondary N) is 1. The number of rotatable bonds is 7. The number of carbonyl (C=O) groups excluding carboxylic acids is 2. The molecule has 0 atom stereocenters. The van der Waals surface area contributed by atoms with Gasteiger partial charge in [-0.25, -0.2) is 0 Å². The maximum absolute atomic E-state index is 12.4. The van der Waals surface area contributed by atoms with Crippen LogP contribution in [0.4, 0.5) is 5.69 Å². The van der Waals surface area contributed by atoms with E-state index in [2.05, 4.69) is 22.4 Å². The second kappa shape index (κ2) is 8.13. The molecule has 24 heavy (non-hydrogen) atoms. The van der Waals surface area contributed by atoms with Gasteiger partial charge < -0.3 is 5.32 Å². The molecule has 0 radical (unpaired) electrons. The van der Waals surface area contributed by atoms with Gasteiger partial charge in [0.1, 0.15) is 0 Å². The van der Waals surface area contributed by atoms with E-state index < -0.39 is 0 Å². The molecule has 3 rings (SSSR count). The van der Waals surface area contributed by atoms with E-state index in [1.165, 1.54) is 23.1 Å². The molecule has 0 aliphatic carbocycles. The lowest BCUT2D eigenvalue weighted by Crippen LogP contribution is -2.19. The molecule has 1 aliphatic rings. The predicted molar refractivity (Wildman–Crippen MR) is 99.4 cm³/mol. The minimum Gasteiger partial charge on any atom is -0.326 e. The minimum absolute atomic E-state index is 0.0325. The number of aromatic nitrogens is 2. The zero-order chi connectivity index (χ0) is 16.9. The number of benzene rings is 1. The molecule has 0 saturated carbocycles. The first-order valence-corrected chi connectivity index (χ1v) is 10.5. The Hall–Kier alpha value is -1.38. The van der Waals surface area contributed by atoms with E-state index in [1.807, 2.05) is 12.1 Å². The van der Waals surface area contributed by atoms with Gasteiger partial charge in [-0.05, 0) is 36.6 Å². The molecule has 1 aromatic carbocycles. The van der Waals surface area contributed by atoms with Crippen molar-refractivity contribution < 1.29 is 9.59 Å². The van der Waals surface area contributed by atoms with Crippen LogP contribution in [0.2, 0.25) is 0 Å². The van der Waals surface area contributed by atoms with Gasteiger partial charge in [-0.1, -0.05) is 41.8 Å². The van der Waals surface area contributed by atoms with E-state index in [0.29, 0.717) is 24.2 Å². The number of hydrogen-bond acceptors (Lipinski definition) is 7. The Morgan fingerprint density at radius 3 is 2.83 bits per heavy atom. The molecular formula is C16H17N3O2S3. The highest BCUT2D eigenvalue weighted by molar-refractivity contribution is 8.03. The van der Waals surface area contributed by atoms with Crippen LogP contribution in [0.5, 0.6) is 0 Å². The van der Waals surface area contributed by atoms with Gasteiger partial charge in [-0.2, -0.15) is 0 Å². The maximum atomic E-state index is 12.4. The van der Waals surface area contributed by atoms with Crippen LogP contribution < -0.4 is 5.32 Å². The summed E-state index contributed by atoms with van der Waals surface area (Å²) in [7, 11) is 0. The number of aryl methyl sites for hydroxylation is 1. The van der Waals surface area contributed by atoms with Crippen LogP contribution in [0.1, 0.15) is 35.7 Å². The summed E-state index contributed by atoms with van der Waals surface area (Å²) >= 11 is 4.66. The number of ketones is 1. The Kier molecular flexibility index (Phi) is 5.91. The van der Waals surface area contributed by atoms with Gasteiger partial charge in [0.25, 0.3) is 0 Å². The van der Waals surface area contributed by atoms with Crippen molar-refractivity contribution in [3.63, 3.8) is 0 Å². The fraction of sp³-hybridized carbons (Fsp3) is 0.375. The second-order valence-electron chi connectivity index (χ2n) is 5.31. The van der Waals surface area contributed by atoms with Crippen molar-refractivity contribution >= 4 is 52.2 Å². The summed E-state index contributed by atoms with van der Waals surface area (Å²) in [6.07, 6.45) is 2.26. The molecule has 2 aromatic rings. The normalized spacial score (nSPS) is 13.5. The van der Waals surface area contributed by atoms with Crippen molar-refractivity contribution in [1.29, 1.82) is 0 Å². The quantitative estimate of drug-likeness (QED) is 0.581. The summed E-state index contributed by atoms with van der Waals surface area (Å²) in [6.45, 7) is 2.13. The molecule has 1 aromatic heterocycles. The fourth-order valence-corrected chi connectivity index (χ4v) is 5.11. The highest BCUT2D eigenvalue weighted by Crippen LogP contribution is 2.30. The van der Waals surface area contributed by atoms with Crippen molar-refractivity contribution in [2.24, 2.45) is 0 Å². The van der Waals surface area contributed by atoms with Gasteiger partial charge in [-0.3, -0.25) is 9.59 Å². The summed E-state index contributed by atoms with van der Waals surface area (Å²) in [5, 5.41) is 11.1. The lowest BCUT2D eigenvalue weighted by atomic mass is 9.99. The molecule has 1 amide bonds. The average molecular weight is 380 g/mol. The lowest BCUT2D eigenvalue weighted by molar-refractivity contribution is -0.116. The monoisotopic (exact) mass is 379 g/mol. The number of nitrogens with zero attached hydrogens (tertiary/aromatic N) is 2. The number of hydrogen-bond donors (Lipinski definition) is 1. The Bertz CT molecular complexity index is 761. The van der Waals surface area contributed by atoms with Crippen molar-refractivity contribution in [3.05, 3.63) is 29.3 Å². The topological polar surface area (TPSA) is 72.0 Å². The van der Waals surface area contributed by atoms with Crippen LogP contribution in [-0.4, -0.2) is 33.4 Å². The SMILES string of the molecule is CCCSc1nnc(SCC(=O)c2ccc3c(c2)CCC(=O)N3)s1. The molecular weight excluding hydrogens is 362 g/mol. The van der Waals surface area contributed by atoms with E-state index in [-0.39, 0.29) is 11.7 Å². The number of anilines is 1. The Morgan fingerprint density at radius 2 is 2.04 bits per heavy atom. The van der Waals surface area contributed by atoms with Crippen LogP contribution in [0.25, 0.3) is 0 Å². The van der Waals surface area contributed by atoms with Crippen molar-refractivity contribution in [2.45, 2.75) is 34.9 Å². The van der Waals surface area contributed by atoms with Crippen molar-refractivity contribution in [2.75, 3.05) is 16.8 Å². The average Bonchev–Trinajstić information content (AvgIpc) is 3.05. The van der Waals surface area contributed by atoms with Crippen LogP contribution in [-0.2, 0) is 11.2 Å². The van der Waals surface area contributed by atoms with Gasteiger partial charge >= 0.3 is 0 Å². The van der Waals surface area contributed by atoms with E-state index in [9.17, 15) is 9.59 Å². The van der Waals surface area contributed by atoms with E-state index >= 15 is 0 Å². The lowest BCUT2D eigenvalue weighted by Gasteiger charge is -2.17. The van der Waals surface area contributed by atoms with Crippen LogP contribution >= 0.6 is 34.9 Å². The third kappa shape index (κ3) is 4.37. The summed E-state index contributed by atoms with van der Waals surface area (Å²) in [5.74, 6) is 1.48. The van der Waals surface area contributed by atoms with E-state index in [4.69, 9.17) is 0 Å². The van der Waals surface area contributed by atoms with E-state index in [0.717, 1.165) is 32.1 Å². The molecule has 2 heterocycles. The predicted octanol–water partition coefficient (Wildman–Crippen LogP) is 3.90. The molecule has 1 aliphatic heterocycles. The molecule has 1 N–H and O–H groups in total. The third-order valence-electron chi connectivity index (χ3n) is 3.47. The highest BCUT2D eigenvalue weighted by atomic mass is 32.2. The first-order chi connectivity index (χ1) is 11.7. The third-order valence-corrected chi connectivity index (χ3v) is 6.86. The van der Waals surface area contributed by atoms with Crippen molar-refractivity contribution in [1.82, 2.24) is 10.2 Å². The van der Waals surface area contributed by atoms with Gasteiger partial charge in [0, 0.05) is 23.4 Å². The zero-order valence-corrected chi connectivity index (χ0v) is 15.7. The zero-order valence-electron chi connectivity index (χ0n) is 13.2. The highest BCUT2D eigenvalue weighted by Gasteiger charge is 2.17. The van der Waals surface area contributed by atoms with Crippen LogP contribution in [0, 0.1) is 0 Å². The van der Waals surface area contributed by atoms with Gasteiger partial charge in [0.2, 0.25) is 5.91 Å². The number of amides is 1. The molecule has 0 fully saturated rings. The van der Waals surface area contributed by atoms with Gasteiger partial charge in [0.05, 0.1) is 5.75 Å². The minimum atomic E-state index is 0.0325. The summed E-state index contributed by atoms with van der Waals surface area (Å²) < 4.78 is 1.78. The van der Waals surface area contributed by atoms with Crippen LogP contribution in [0.3, 0.4) is 0 Å². The smallest absolute Gasteiger partial charge is 0.224 e. The first kappa shape index (κ1) is 17.4. The van der Waals surface area contributed by atoms with E-state index in [1.54, 1.807) is 17.8 Å². The number of thioether (sulfide) groups is 2. The molecule has 0 bridgehead atoms. The van der Waals surface area contributed by atoms with Crippen molar-refractivity contribution in [3.8, 4) is 0 Å². The Balaban J connectivity index is 1.59. The molecule has 5 nitrogen and oxygen atoms in total. The van der Waals surface area contributed by atoms with Gasteiger partial charge in [0.15, 0.2) is 14.5 Å². The first-order valence-electron chi connectivity index (χ1n) is 7.71. The number of Topliss-reactive ketones (excluding diaryl/α,β-unsaturated/α-hetero) is 1. The summed E-state index contributed by atoms with van der Waals surface area (Å²) in [5.41, 5.74) is 2.53. The molecule has 0 spiro atoms. The maximum Gasteiger partial charge on any atom is 0.224 e. The molecule has 8 heteroatoms. The van der Waals surface area contributed by atoms with Crippen LogP contribution in [0.15, 0.2) is 26.9 Å². The Morgan fingerprint density at radius 1 is 1.25 bits per heavy atom. The standard InChI is InChI=1S/C16H17N3O2S3/c1-2-7-22-15-18-19-16(24-15)23-9-13(20)11-3-5-12-10(8-11)4-6-14(21)17-12/h3,5,8H,2,4,6-7,9H2,1H3,(H,17,21). The second-order valence-corrected chi connectivity index (χ2v) is 8.86. The molecule has 0 saturated heterocycles. The molecule has 126 valence electrons. The number of carbonyl (C=O) groups is 2. The fourth-order valence-electron chi connectivity index (χ4n) is 2.27. The summed E-state index contributed by atoms with van der Waals surface area (Å²) in [6, 6.07) is 5.48. The summed E-state index contributed by atoms with van der Waals surface area (Å²) in [4.78, 5) is 23.8. The van der Waals surface area contributed by atoms with Gasteiger partial charge in [-0.15, -0.1) is 10.2 Å². The molecule has 0 unspecified atom stereocenters.